The Morgan fingerprint density at radius 2 is 1.37 bits per heavy atom. The number of nitrogens with zero attached hydrogens (tertiary/aromatic N) is 2. The highest BCUT2D eigenvalue weighted by Gasteiger charge is 2.31. The number of carbonyl (C=O) groups excluding carboxylic acids is 1. The molecule has 1 atom stereocenters. The van der Waals surface area contributed by atoms with Gasteiger partial charge in [-0.15, -0.1) is 26.3 Å². The van der Waals surface area contributed by atoms with E-state index in [1.54, 1.807) is 6.92 Å². The van der Waals surface area contributed by atoms with Gasteiger partial charge >= 0.3 is 12.7 Å². The molecule has 2 N–H and O–H groups in total. The highest BCUT2D eigenvalue weighted by atomic mass is 19.4. The lowest BCUT2D eigenvalue weighted by Gasteiger charge is -2.13. The van der Waals surface area contributed by atoms with Gasteiger partial charge in [0.2, 0.25) is 0 Å². The molecule has 0 spiro atoms. The quantitative estimate of drug-likeness (QED) is 0.456. The summed E-state index contributed by atoms with van der Waals surface area (Å²) in [5.74, 6) is -1.66. The normalized spacial score (nSPS) is 12.7. The van der Waals surface area contributed by atoms with Crippen LogP contribution in [0.15, 0.2) is 54.6 Å². The monoisotopic (exact) mass is 501 g/mol. The maximum Gasteiger partial charge on any atom is 0.573 e. The average molecular weight is 501 g/mol. The van der Waals surface area contributed by atoms with E-state index in [1.807, 2.05) is 0 Å². The molecule has 1 amide bonds. The molecule has 0 saturated carbocycles. The Bertz CT molecular complexity index is 1090. The number of aliphatic hydroxyl groups is 1. The topological polar surface area (TPSA) is 93.6 Å². The summed E-state index contributed by atoms with van der Waals surface area (Å²) in [6.07, 6.45) is -9.76. The highest BCUT2D eigenvalue weighted by Crippen LogP contribution is 2.29. The van der Waals surface area contributed by atoms with Crippen LogP contribution in [0.25, 0.3) is 22.6 Å². The molecule has 0 aliphatic heterocycles. The molecule has 0 bridgehead atoms. The molecule has 1 heterocycles. The molecular formula is C22H17F6N3O4. The molecule has 0 aliphatic carbocycles. The van der Waals surface area contributed by atoms with Crippen molar-refractivity contribution in [3.63, 3.8) is 0 Å². The van der Waals surface area contributed by atoms with E-state index in [1.165, 1.54) is 30.3 Å². The minimum Gasteiger partial charge on any atom is -0.406 e. The van der Waals surface area contributed by atoms with Gasteiger partial charge in [-0.05, 0) is 61.5 Å². The lowest BCUT2D eigenvalue weighted by Crippen LogP contribution is -2.35. The summed E-state index contributed by atoms with van der Waals surface area (Å²) >= 11 is 0. The van der Waals surface area contributed by atoms with Gasteiger partial charge in [0.1, 0.15) is 17.2 Å². The van der Waals surface area contributed by atoms with E-state index in [2.05, 4.69) is 24.8 Å². The number of amides is 1. The molecule has 0 radical (unpaired) electrons. The lowest BCUT2D eigenvalue weighted by atomic mass is 10.1. The molecule has 0 saturated heterocycles. The minimum absolute atomic E-state index is 0.0431. The van der Waals surface area contributed by atoms with Crippen molar-refractivity contribution >= 4 is 5.91 Å². The summed E-state index contributed by atoms with van der Waals surface area (Å²) in [5.41, 5.74) is 0.551. The van der Waals surface area contributed by atoms with Crippen LogP contribution in [-0.2, 0) is 0 Å². The Morgan fingerprint density at radius 3 is 1.83 bits per heavy atom. The third-order valence-corrected chi connectivity index (χ3v) is 4.34. The average Bonchev–Trinajstić information content (AvgIpc) is 2.77. The summed E-state index contributed by atoms with van der Waals surface area (Å²) in [5, 5.41) is 11.7. The summed E-state index contributed by atoms with van der Waals surface area (Å²) in [6, 6.07) is 9.92. The van der Waals surface area contributed by atoms with E-state index in [-0.39, 0.29) is 29.4 Å². The zero-order chi connectivity index (χ0) is 25.8. The third-order valence-electron chi connectivity index (χ3n) is 4.34. The van der Waals surface area contributed by atoms with Crippen LogP contribution >= 0.6 is 0 Å². The number of hydrogen-bond donors (Lipinski definition) is 2. The van der Waals surface area contributed by atoms with E-state index >= 15 is 0 Å². The van der Waals surface area contributed by atoms with Crippen molar-refractivity contribution in [2.24, 2.45) is 0 Å². The van der Waals surface area contributed by atoms with E-state index in [0.29, 0.717) is 5.56 Å². The number of halogens is 6. The summed E-state index contributed by atoms with van der Waals surface area (Å²) in [6.45, 7) is 1.19. The fourth-order valence-electron chi connectivity index (χ4n) is 2.82. The van der Waals surface area contributed by atoms with Crippen LogP contribution in [0.3, 0.4) is 0 Å². The van der Waals surface area contributed by atoms with E-state index in [4.69, 9.17) is 0 Å². The van der Waals surface area contributed by atoms with Crippen molar-refractivity contribution in [2.75, 3.05) is 6.61 Å². The van der Waals surface area contributed by atoms with Crippen LogP contribution in [0, 0.1) is 0 Å². The predicted octanol–water partition coefficient (Wildman–Crippen LogP) is 4.72. The zero-order valence-corrected chi connectivity index (χ0v) is 17.8. The molecule has 35 heavy (non-hydrogen) atoms. The molecule has 7 nitrogen and oxygen atoms in total. The van der Waals surface area contributed by atoms with E-state index in [0.717, 1.165) is 24.3 Å². The van der Waals surface area contributed by atoms with Crippen LogP contribution in [0.1, 0.15) is 17.4 Å². The van der Waals surface area contributed by atoms with Crippen LogP contribution in [0.4, 0.5) is 26.3 Å². The van der Waals surface area contributed by atoms with Gasteiger partial charge in [0.15, 0.2) is 5.82 Å². The van der Waals surface area contributed by atoms with Crippen LogP contribution < -0.4 is 14.8 Å². The molecule has 3 rings (SSSR count). The number of benzene rings is 2. The molecule has 186 valence electrons. The lowest BCUT2D eigenvalue weighted by molar-refractivity contribution is -0.275. The fourth-order valence-corrected chi connectivity index (χ4v) is 2.82. The van der Waals surface area contributed by atoms with Crippen LogP contribution in [0.2, 0.25) is 0 Å². The molecular weight excluding hydrogens is 484 g/mol. The molecule has 1 aromatic heterocycles. The van der Waals surface area contributed by atoms with Gasteiger partial charge in [-0.25, -0.2) is 9.97 Å². The first-order valence-electron chi connectivity index (χ1n) is 9.86. The van der Waals surface area contributed by atoms with Crippen molar-refractivity contribution < 1.29 is 45.7 Å². The highest BCUT2D eigenvalue weighted by molar-refractivity contribution is 5.94. The first kappa shape index (κ1) is 25.7. The first-order chi connectivity index (χ1) is 16.3. The molecule has 0 unspecified atom stereocenters. The number of ether oxygens (including phenoxy) is 2. The second-order valence-electron chi connectivity index (χ2n) is 7.16. The number of alkyl halides is 6. The second-order valence-corrected chi connectivity index (χ2v) is 7.16. The van der Waals surface area contributed by atoms with Crippen molar-refractivity contribution in [1.29, 1.82) is 0 Å². The van der Waals surface area contributed by atoms with E-state index < -0.39 is 36.2 Å². The van der Waals surface area contributed by atoms with Crippen molar-refractivity contribution in [3.05, 3.63) is 60.3 Å². The minimum atomic E-state index is -4.88. The Labute approximate surface area is 194 Å². The molecule has 0 aliphatic rings. The van der Waals surface area contributed by atoms with Crippen LogP contribution in [-0.4, -0.2) is 46.4 Å². The van der Waals surface area contributed by atoms with Crippen molar-refractivity contribution in [1.82, 2.24) is 15.3 Å². The van der Waals surface area contributed by atoms with Gasteiger partial charge in [-0.1, -0.05) is 0 Å². The van der Waals surface area contributed by atoms with Crippen LogP contribution in [0.5, 0.6) is 11.5 Å². The predicted molar refractivity (Wildman–Crippen MR) is 110 cm³/mol. The Balaban J connectivity index is 2.00. The number of aromatic nitrogens is 2. The van der Waals surface area contributed by atoms with Crippen molar-refractivity contribution in [2.45, 2.75) is 25.7 Å². The fraction of sp³-hybridized carbons (Fsp3) is 0.227. The van der Waals surface area contributed by atoms with Gasteiger partial charge in [0, 0.05) is 17.2 Å². The Hall–Kier alpha value is -3.87. The van der Waals surface area contributed by atoms with Gasteiger partial charge in [0.25, 0.3) is 5.91 Å². The summed E-state index contributed by atoms with van der Waals surface area (Å²) < 4.78 is 82.2. The first-order valence-corrected chi connectivity index (χ1v) is 9.86. The maximum atomic E-state index is 12.6. The van der Waals surface area contributed by atoms with E-state index in [9.17, 15) is 36.2 Å². The van der Waals surface area contributed by atoms with Gasteiger partial charge in [-0.2, -0.15) is 0 Å². The van der Waals surface area contributed by atoms with Crippen molar-refractivity contribution in [3.8, 4) is 34.1 Å². The third kappa shape index (κ3) is 7.57. The number of rotatable bonds is 7. The molecule has 13 heteroatoms. The molecule has 2 aromatic carbocycles. The number of nitrogens with one attached hydrogen (secondary N) is 1. The zero-order valence-electron chi connectivity index (χ0n) is 17.8. The SMILES string of the molecule is C[C@@H](CO)NC(=O)c1cc(-c2ccc(OC(F)(F)F)cc2)nc(-c2ccc(OC(F)(F)F)cc2)n1. The Morgan fingerprint density at radius 1 is 0.886 bits per heavy atom. The van der Waals surface area contributed by atoms with Gasteiger partial charge in [0.05, 0.1) is 12.3 Å². The molecule has 3 aromatic rings. The summed E-state index contributed by atoms with van der Waals surface area (Å²) in [4.78, 5) is 21.0. The number of aliphatic hydroxyl groups excluding tert-OH is 1. The maximum absolute atomic E-state index is 12.6. The number of hydrogen-bond acceptors (Lipinski definition) is 6. The summed E-state index contributed by atoms with van der Waals surface area (Å²) in [7, 11) is 0. The Kier molecular flexibility index (Phi) is 7.48. The number of carbonyl (C=O) groups is 1. The smallest absolute Gasteiger partial charge is 0.406 e. The van der Waals surface area contributed by atoms with Gasteiger partial charge in [-0.3, -0.25) is 4.79 Å². The molecule has 0 fully saturated rings. The van der Waals surface area contributed by atoms with Gasteiger partial charge < -0.3 is 19.9 Å². The second kappa shape index (κ2) is 10.2. The standard InChI is InChI=1S/C22H17F6N3O4/c1-12(11-32)29-20(33)18-10-17(13-2-6-15(7-3-13)34-21(23,24)25)30-19(31-18)14-4-8-16(9-5-14)35-22(26,27)28/h2-10,12,32H,11H2,1H3,(H,29,33)/t12-/m0/s1. The largest absolute Gasteiger partial charge is 0.573 e.